The van der Waals surface area contributed by atoms with E-state index in [0.717, 1.165) is 66.1 Å². The van der Waals surface area contributed by atoms with Crippen molar-refractivity contribution in [1.29, 1.82) is 0 Å². The van der Waals surface area contributed by atoms with Gasteiger partial charge >= 0.3 is 0 Å². The minimum absolute atomic E-state index is 0.0222. The summed E-state index contributed by atoms with van der Waals surface area (Å²) in [6.45, 7) is 9.39. The first-order valence-electron chi connectivity index (χ1n) is 13.8. The van der Waals surface area contributed by atoms with E-state index in [0.29, 0.717) is 17.1 Å². The molecule has 4 aromatic rings. The summed E-state index contributed by atoms with van der Waals surface area (Å²) in [5.41, 5.74) is 3.28. The van der Waals surface area contributed by atoms with Crippen LogP contribution in [0.15, 0.2) is 94.6 Å². The lowest BCUT2D eigenvalue weighted by Crippen LogP contribution is -1.96. The van der Waals surface area contributed by atoms with Crippen molar-refractivity contribution in [3.63, 3.8) is 0 Å². The van der Waals surface area contributed by atoms with Gasteiger partial charge in [-0.05, 0) is 55.1 Å². The zero-order valence-electron chi connectivity index (χ0n) is 27.1. The predicted octanol–water partition coefficient (Wildman–Crippen LogP) is 9.22. The number of methoxy groups -OCH3 is 6. The molecule has 4 aromatic carbocycles. The molecule has 0 radical (unpaired) electrons. The van der Waals surface area contributed by atoms with E-state index in [-0.39, 0.29) is 5.12 Å². The van der Waals surface area contributed by atoms with Crippen molar-refractivity contribution in [3.05, 3.63) is 102 Å². The third-order valence-corrected chi connectivity index (χ3v) is 7.82. The van der Waals surface area contributed by atoms with E-state index in [1.165, 1.54) is 0 Å². The summed E-state index contributed by atoms with van der Waals surface area (Å²) in [7, 11) is 9.64. The topological polar surface area (TPSA) is 72.5 Å². The van der Waals surface area contributed by atoms with Crippen LogP contribution in [-0.4, -0.2) is 47.8 Å². The Labute approximate surface area is 287 Å². The molecule has 0 aliphatic carbocycles. The predicted molar refractivity (Wildman–Crippen MR) is 195 cm³/mol. The van der Waals surface area contributed by atoms with Gasteiger partial charge in [-0.3, -0.25) is 4.79 Å². The molecule has 0 aliphatic rings. The number of hydrogen-bond donors (Lipinski definition) is 2. The van der Waals surface area contributed by atoms with Crippen molar-refractivity contribution in [1.82, 2.24) is 0 Å². The Morgan fingerprint density at radius 3 is 1.30 bits per heavy atom. The Morgan fingerprint density at radius 2 is 0.957 bits per heavy atom. The van der Waals surface area contributed by atoms with E-state index in [2.05, 4.69) is 38.4 Å². The van der Waals surface area contributed by atoms with Crippen molar-refractivity contribution in [2.24, 2.45) is 0 Å². The molecule has 0 unspecified atom stereocenters. The van der Waals surface area contributed by atoms with Gasteiger partial charge < -0.3 is 28.4 Å². The SMILES string of the molecule is C=Cc1c(OC)cc(S)cc1OC.C=Cc1c(OC)cc(SC(=O)c2ccccc2)cc1OC.COc1cc(S)cc(OC)c1C. The average molecular weight is 681 g/mol. The number of benzene rings is 4. The standard InChI is InChI=1S/C17H16O3S.C10H12O2S.C9H12O2S/c1-4-14-15(19-2)10-13(11-16(14)20-3)21-17(18)12-8-6-5-7-9-12;1-4-8-9(11-2)5-7(13)6-10(8)12-3;1-6-8(10-2)4-7(12)5-9(6)11-3/h4-11H,1H2,2-3H3;4-6,13H,1H2,2-3H3;4-5,12H,1-3H3. The molecule has 0 spiro atoms. The highest BCUT2D eigenvalue weighted by molar-refractivity contribution is 8.14. The van der Waals surface area contributed by atoms with Crippen molar-refractivity contribution in [2.75, 3.05) is 42.7 Å². The second kappa shape index (κ2) is 19.4. The lowest BCUT2D eigenvalue weighted by molar-refractivity contribution is 0.108. The Hall–Kier alpha value is -4.12. The van der Waals surface area contributed by atoms with Crippen molar-refractivity contribution in [3.8, 4) is 34.5 Å². The van der Waals surface area contributed by atoms with Gasteiger partial charge in [0, 0.05) is 25.8 Å². The van der Waals surface area contributed by atoms with Gasteiger partial charge in [0.1, 0.15) is 34.5 Å². The monoisotopic (exact) mass is 680 g/mol. The fourth-order valence-electron chi connectivity index (χ4n) is 4.11. The largest absolute Gasteiger partial charge is 0.496 e. The van der Waals surface area contributed by atoms with Crippen LogP contribution in [0.25, 0.3) is 12.2 Å². The summed E-state index contributed by atoms with van der Waals surface area (Å²) in [6, 6.07) is 20.1. The van der Waals surface area contributed by atoms with Crippen LogP contribution in [0, 0.1) is 6.92 Å². The van der Waals surface area contributed by atoms with Gasteiger partial charge in [-0.25, -0.2) is 0 Å². The number of rotatable bonds is 10. The van der Waals surface area contributed by atoms with Gasteiger partial charge in [0.25, 0.3) is 0 Å². The van der Waals surface area contributed by atoms with Crippen molar-refractivity contribution >= 4 is 54.3 Å². The maximum Gasteiger partial charge on any atom is 0.224 e. The van der Waals surface area contributed by atoms with Gasteiger partial charge in [-0.1, -0.05) is 55.6 Å². The smallest absolute Gasteiger partial charge is 0.224 e. The molecule has 46 heavy (non-hydrogen) atoms. The molecule has 7 nitrogen and oxygen atoms in total. The molecule has 4 rings (SSSR count). The number of ether oxygens (including phenoxy) is 6. The fourth-order valence-corrected chi connectivity index (χ4v) is 5.38. The van der Waals surface area contributed by atoms with Crippen molar-refractivity contribution < 1.29 is 33.2 Å². The Kier molecular flexibility index (Phi) is 16.1. The minimum atomic E-state index is -0.0222. The van der Waals surface area contributed by atoms with Gasteiger partial charge in [0.15, 0.2) is 0 Å². The molecule has 0 aromatic heterocycles. The van der Waals surface area contributed by atoms with Crippen LogP contribution in [0.2, 0.25) is 0 Å². The lowest BCUT2D eigenvalue weighted by Gasteiger charge is -2.12. The summed E-state index contributed by atoms with van der Waals surface area (Å²) < 4.78 is 31.3. The summed E-state index contributed by atoms with van der Waals surface area (Å²) in [5, 5.41) is -0.0222. The lowest BCUT2D eigenvalue weighted by atomic mass is 10.2. The Bertz CT molecular complexity index is 1550. The molecule has 0 N–H and O–H groups in total. The third kappa shape index (κ3) is 10.5. The van der Waals surface area contributed by atoms with E-state index in [1.54, 1.807) is 66.9 Å². The van der Waals surface area contributed by atoms with Crippen LogP contribution in [0.4, 0.5) is 0 Å². The molecule has 10 heteroatoms. The number of carbonyl (C=O) groups excluding carboxylic acids is 1. The van der Waals surface area contributed by atoms with E-state index < -0.39 is 0 Å². The summed E-state index contributed by atoms with van der Waals surface area (Å²) in [4.78, 5) is 14.6. The Morgan fingerprint density at radius 1 is 0.609 bits per heavy atom. The van der Waals surface area contributed by atoms with E-state index in [4.69, 9.17) is 28.4 Å². The fraction of sp³-hybridized carbons (Fsp3) is 0.194. The second-order valence-electron chi connectivity index (χ2n) is 9.14. The zero-order valence-corrected chi connectivity index (χ0v) is 29.7. The number of carbonyl (C=O) groups is 1. The molecule has 0 saturated heterocycles. The van der Waals surface area contributed by atoms with Crippen LogP contribution >= 0.6 is 37.0 Å². The highest BCUT2D eigenvalue weighted by atomic mass is 32.2. The van der Waals surface area contributed by atoms with Crippen LogP contribution in [0.3, 0.4) is 0 Å². The average Bonchev–Trinajstić information content (AvgIpc) is 3.08. The van der Waals surface area contributed by atoms with Crippen LogP contribution in [0.1, 0.15) is 27.0 Å². The molecule has 0 bridgehead atoms. The van der Waals surface area contributed by atoms with E-state index >= 15 is 0 Å². The van der Waals surface area contributed by atoms with E-state index in [1.807, 2.05) is 61.5 Å². The second-order valence-corrected chi connectivity index (χ2v) is 11.2. The van der Waals surface area contributed by atoms with Crippen molar-refractivity contribution in [2.45, 2.75) is 21.6 Å². The third-order valence-electron chi connectivity index (χ3n) is 6.41. The highest BCUT2D eigenvalue weighted by Crippen LogP contribution is 2.37. The normalized spacial score (nSPS) is 9.76. The zero-order chi connectivity index (χ0) is 34.2. The van der Waals surface area contributed by atoms with Gasteiger partial charge in [0.2, 0.25) is 5.12 Å². The molecule has 0 atom stereocenters. The molecule has 0 fully saturated rings. The number of hydrogen-bond acceptors (Lipinski definition) is 10. The van der Waals surface area contributed by atoms with Gasteiger partial charge in [0.05, 0.1) is 53.8 Å². The maximum atomic E-state index is 12.2. The molecule has 0 heterocycles. The minimum Gasteiger partial charge on any atom is -0.496 e. The summed E-state index contributed by atoms with van der Waals surface area (Å²) >= 11 is 9.58. The Balaban J connectivity index is 0.000000255. The van der Waals surface area contributed by atoms with Crippen LogP contribution in [-0.2, 0) is 0 Å². The number of thiol groups is 2. The molecule has 0 amide bonds. The molecular weight excluding hydrogens is 641 g/mol. The van der Waals surface area contributed by atoms with Crippen LogP contribution < -0.4 is 28.4 Å². The first-order valence-corrected chi connectivity index (χ1v) is 15.5. The highest BCUT2D eigenvalue weighted by Gasteiger charge is 2.14. The van der Waals surface area contributed by atoms with E-state index in [9.17, 15) is 4.79 Å². The first-order chi connectivity index (χ1) is 22.1. The van der Waals surface area contributed by atoms with Gasteiger partial charge in [-0.15, -0.1) is 25.3 Å². The quantitative estimate of drug-likeness (QED) is 0.127. The van der Waals surface area contributed by atoms with Gasteiger partial charge in [-0.2, -0.15) is 0 Å². The molecule has 0 aliphatic heterocycles. The molecule has 0 saturated carbocycles. The number of thioether (sulfide) groups is 1. The molecular formula is C36H40O7S3. The molecule has 244 valence electrons. The summed E-state index contributed by atoms with van der Waals surface area (Å²) in [6.07, 6.45) is 3.37. The first kappa shape index (κ1) is 38.1. The maximum absolute atomic E-state index is 12.2. The van der Waals surface area contributed by atoms with Crippen LogP contribution in [0.5, 0.6) is 34.5 Å². The summed E-state index contributed by atoms with van der Waals surface area (Å²) in [5.74, 6) is 4.32.